The number of carbonyl (C=O) groups excluding carboxylic acids is 2. The zero-order valence-electron chi connectivity index (χ0n) is 12.8. The average molecular weight is 409 g/mol. The van der Waals surface area contributed by atoms with Crippen molar-refractivity contribution in [3.05, 3.63) is 69.7 Å². The number of rotatable bonds is 5. The van der Waals surface area contributed by atoms with E-state index < -0.39 is 18.0 Å². The summed E-state index contributed by atoms with van der Waals surface area (Å²) in [4.78, 5) is 23.9. The average Bonchev–Trinajstić information content (AvgIpc) is 2.55. The lowest BCUT2D eigenvalue weighted by Gasteiger charge is -2.13. The monoisotopic (exact) mass is 407 g/mol. The molecule has 1 amide bonds. The van der Waals surface area contributed by atoms with Crippen molar-refractivity contribution < 1.29 is 14.3 Å². The molecule has 0 aromatic heterocycles. The highest BCUT2D eigenvalue weighted by Gasteiger charge is 2.17. The van der Waals surface area contributed by atoms with Gasteiger partial charge in [-0.05, 0) is 42.8 Å². The van der Waals surface area contributed by atoms with E-state index in [2.05, 4.69) is 21.2 Å². The fraction of sp³-hybridized carbons (Fsp3) is 0.111. The molecule has 1 unspecified atom stereocenters. The Balaban J connectivity index is 1.91. The summed E-state index contributed by atoms with van der Waals surface area (Å²) in [6, 6.07) is 14.3. The van der Waals surface area contributed by atoms with Crippen LogP contribution in [0, 0.1) is 0 Å². The van der Waals surface area contributed by atoms with E-state index in [0.29, 0.717) is 10.7 Å². The molecular weight excluding hydrogens is 394 g/mol. The molecular formula is C18H15BrClNO3. The van der Waals surface area contributed by atoms with Crippen LogP contribution >= 0.6 is 27.5 Å². The molecule has 0 saturated carbocycles. The summed E-state index contributed by atoms with van der Waals surface area (Å²) in [6.45, 7) is 1.50. The van der Waals surface area contributed by atoms with Gasteiger partial charge in [0.1, 0.15) is 0 Å². The van der Waals surface area contributed by atoms with Crippen LogP contribution in [-0.4, -0.2) is 18.0 Å². The van der Waals surface area contributed by atoms with E-state index in [0.717, 1.165) is 10.0 Å². The van der Waals surface area contributed by atoms with Gasteiger partial charge in [-0.25, -0.2) is 4.79 Å². The fourth-order valence-electron chi connectivity index (χ4n) is 1.84. The van der Waals surface area contributed by atoms with Crippen LogP contribution in [0.5, 0.6) is 0 Å². The Morgan fingerprint density at radius 1 is 1.21 bits per heavy atom. The van der Waals surface area contributed by atoms with Crippen LogP contribution in [0.25, 0.3) is 6.08 Å². The molecule has 0 radical (unpaired) electrons. The molecule has 1 N–H and O–H groups in total. The van der Waals surface area contributed by atoms with Crippen molar-refractivity contribution in [3.63, 3.8) is 0 Å². The lowest BCUT2D eigenvalue weighted by molar-refractivity contribution is -0.148. The van der Waals surface area contributed by atoms with Gasteiger partial charge in [0.25, 0.3) is 5.91 Å². The van der Waals surface area contributed by atoms with Crippen molar-refractivity contribution in [1.29, 1.82) is 0 Å². The predicted molar refractivity (Wildman–Crippen MR) is 98.8 cm³/mol. The topological polar surface area (TPSA) is 55.4 Å². The molecule has 0 saturated heterocycles. The third kappa shape index (κ3) is 5.51. The lowest BCUT2D eigenvalue weighted by Crippen LogP contribution is -2.29. The first-order chi connectivity index (χ1) is 11.5. The van der Waals surface area contributed by atoms with Crippen molar-refractivity contribution in [1.82, 2.24) is 0 Å². The minimum absolute atomic E-state index is 0.416. The first-order valence-corrected chi connectivity index (χ1v) is 8.32. The summed E-state index contributed by atoms with van der Waals surface area (Å²) in [5.74, 6) is -1.05. The molecule has 4 nitrogen and oxygen atoms in total. The van der Waals surface area contributed by atoms with E-state index in [9.17, 15) is 9.59 Å². The minimum Gasteiger partial charge on any atom is -0.449 e. The zero-order chi connectivity index (χ0) is 17.5. The lowest BCUT2D eigenvalue weighted by atomic mass is 10.2. The maximum Gasteiger partial charge on any atom is 0.331 e. The van der Waals surface area contributed by atoms with Crippen molar-refractivity contribution >= 4 is 51.2 Å². The van der Waals surface area contributed by atoms with Gasteiger partial charge in [-0.1, -0.05) is 51.8 Å². The maximum atomic E-state index is 12.0. The summed E-state index contributed by atoms with van der Waals surface area (Å²) < 4.78 is 5.99. The highest BCUT2D eigenvalue weighted by atomic mass is 79.9. The Morgan fingerprint density at radius 3 is 2.67 bits per heavy atom. The molecule has 0 spiro atoms. The summed E-state index contributed by atoms with van der Waals surface area (Å²) in [7, 11) is 0. The third-order valence-corrected chi connectivity index (χ3v) is 3.88. The molecule has 0 fully saturated rings. The van der Waals surface area contributed by atoms with Crippen LogP contribution in [0.4, 0.5) is 5.69 Å². The number of ether oxygens (including phenoxy) is 1. The fourth-order valence-corrected chi connectivity index (χ4v) is 2.44. The Labute approximate surface area is 153 Å². The standard InChI is InChI=1S/C18H15BrClNO3/c1-12(18(23)21-16-8-3-2-7-15(16)20)24-17(22)10-9-13-5-4-6-14(19)11-13/h2-12H,1H3,(H,21,23)/b10-9+. The Hall–Kier alpha value is -2.11. The number of halogens is 2. The van der Waals surface area contributed by atoms with Crippen molar-refractivity contribution in [2.24, 2.45) is 0 Å². The number of benzene rings is 2. The second-order valence-electron chi connectivity index (χ2n) is 4.94. The van der Waals surface area contributed by atoms with Gasteiger partial charge in [-0.2, -0.15) is 0 Å². The van der Waals surface area contributed by atoms with Crippen LogP contribution in [0.3, 0.4) is 0 Å². The number of hydrogen-bond acceptors (Lipinski definition) is 3. The number of hydrogen-bond donors (Lipinski definition) is 1. The van der Waals surface area contributed by atoms with Crippen LogP contribution in [0.15, 0.2) is 59.1 Å². The molecule has 6 heteroatoms. The number of nitrogens with one attached hydrogen (secondary N) is 1. The minimum atomic E-state index is -0.944. The Kier molecular flexibility index (Phi) is 6.58. The van der Waals surface area contributed by atoms with Gasteiger partial charge in [0, 0.05) is 10.5 Å². The third-order valence-electron chi connectivity index (χ3n) is 3.05. The molecule has 0 aliphatic rings. The Bertz CT molecular complexity index is 776. The van der Waals surface area contributed by atoms with Gasteiger partial charge in [-0.3, -0.25) is 4.79 Å². The van der Waals surface area contributed by atoms with Gasteiger partial charge in [-0.15, -0.1) is 0 Å². The molecule has 2 aromatic carbocycles. The van der Waals surface area contributed by atoms with Crippen LogP contribution < -0.4 is 5.32 Å². The van der Waals surface area contributed by atoms with Crippen molar-refractivity contribution in [3.8, 4) is 0 Å². The van der Waals surface area contributed by atoms with Crippen molar-refractivity contribution in [2.75, 3.05) is 5.32 Å². The number of amides is 1. The molecule has 0 bridgehead atoms. The van der Waals surface area contributed by atoms with E-state index in [1.807, 2.05) is 24.3 Å². The first-order valence-electron chi connectivity index (χ1n) is 7.15. The van der Waals surface area contributed by atoms with Gasteiger partial charge >= 0.3 is 5.97 Å². The highest BCUT2D eigenvalue weighted by Crippen LogP contribution is 2.20. The van der Waals surface area contributed by atoms with E-state index in [1.165, 1.54) is 13.0 Å². The summed E-state index contributed by atoms with van der Waals surface area (Å²) in [5, 5.41) is 3.03. The molecule has 2 rings (SSSR count). The maximum absolute atomic E-state index is 12.0. The normalized spacial score (nSPS) is 12.0. The zero-order valence-corrected chi connectivity index (χ0v) is 15.2. The molecule has 0 aliphatic carbocycles. The quantitative estimate of drug-likeness (QED) is 0.577. The number of carbonyl (C=O) groups is 2. The number of esters is 1. The SMILES string of the molecule is CC(OC(=O)/C=C/c1cccc(Br)c1)C(=O)Nc1ccccc1Cl. The second kappa shape index (κ2) is 8.66. The van der Waals surface area contributed by atoms with Crippen molar-refractivity contribution in [2.45, 2.75) is 13.0 Å². The molecule has 124 valence electrons. The predicted octanol–water partition coefficient (Wildman–Crippen LogP) is 4.69. The summed E-state index contributed by atoms with van der Waals surface area (Å²) in [6.07, 6.45) is 1.95. The first kappa shape index (κ1) is 18.2. The molecule has 1 atom stereocenters. The van der Waals surface area contributed by atoms with Gasteiger partial charge < -0.3 is 10.1 Å². The van der Waals surface area contributed by atoms with E-state index in [-0.39, 0.29) is 0 Å². The smallest absolute Gasteiger partial charge is 0.331 e. The summed E-state index contributed by atoms with van der Waals surface area (Å²) >= 11 is 9.32. The van der Waals surface area contributed by atoms with Gasteiger partial charge in [0.2, 0.25) is 0 Å². The molecule has 0 aliphatic heterocycles. The largest absolute Gasteiger partial charge is 0.449 e. The highest BCUT2D eigenvalue weighted by molar-refractivity contribution is 9.10. The van der Waals surface area contributed by atoms with Gasteiger partial charge in [0.05, 0.1) is 10.7 Å². The number of para-hydroxylation sites is 1. The van der Waals surface area contributed by atoms with Crippen LogP contribution in [0.1, 0.15) is 12.5 Å². The molecule has 0 heterocycles. The van der Waals surface area contributed by atoms with Gasteiger partial charge in [0.15, 0.2) is 6.10 Å². The van der Waals surface area contributed by atoms with E-state index >= 15 is 0 Å². The number of anilines is 1. The summed E-state index contributed by atoms with van der Waals surface area (Å²) in [5.41, 5.74) is 1.31. The molecule has 24 heavy (non-hydrogen) atoms. The van der Waals surface area contributed by atoms with E-state index in [4.69, 9.17) is 16.3 Å². The molecule has 2 aromatic rings. The van der Waals surface area contributed by atoms with Crippen LogP contribution in [-0.2, 0) is 14.3 Å². The van der Waals surface area contributed by atoms with Crippen LogP contribution in [0.2, 0.25) is 5.02 Å². The Morgan fingerprint density at radius 2 is 1.96 bits per heavy atom. The second-order valence-corrected chi connectivity index (χ2v) is 6.26. The van der Waals surface area contributed by atoms with E-state index in [1.54, 1.807) is 30.3 Å².